The van der Waals surface area contributed by atoms with Gasteiger partial charge in [-0.15, -0.1) is 0 Å². The number of amides is 1. The molecule has 0 fully saturated rings. The molecule has 20 heavy (non-hydrogen) atoms. The first-order chi connectivity index (χ1) is 9.51. The Morgan fingerprint density at radius 3 is 2.30 bits per heavy atom. The molecule has 2 N–H and O–H groups in total. The Bertz CT molecular complexity index is 682. The van der Waals surface area contributed by atoms with Crippen molar-refractivity contribution in [2.24, 2.45) is 0 Å². The number of carbonyl (C=O) groups is 1. The van der Waals surface area contributed by atoms with Crippen LogP contribution in [0.2, 0.25) is 0 Å². The van der Waals surface area contributed by atoms with Crippen LogP contribution in [-0.2, 0) is 0 Å². The molecule has 0 radical (unpaired) electrons. The van der Waals surface area contributed by atoms with E-state index in [0.717, 1.165) is 11.1 Å². The Balaban J connectivity index is 2.38. The fraction of sp³-hybridized carbons (Fsp3) is 0.125. The van der Waals surface area contributed by atoms with Crippen LogP contribution >= 0.6 is 0 Å². The third-order valence-electron chi connectivity index (χ3n) is 2.96. The second kappa shape index (κ2) is 5.45. The normalized spacial score (nSPS) is 9.85. The fourth-order valence-corrected chi connectivity index (χ4v) is 1.95. The number of nitrogens with zero attached hydrogens (tertiary/aromatic N) is 2. The second-order valence-electron chi connectivity index (χ2n) is 4.73. The molecular formula is C16H15N3O. The Kier molecular flexibility index (Phi) is 3.72. The van der Waals surface area contributed by atoms with Crippen LogP contribution < -0.4 is 5.73 Å². The van der Waals surface area contributed by atoms with E-state index >= 15 is 0 Å². The average Bonchev–Trinajstić information content (AvgIpc) is 2.45. The highest BCUT2D eigenvalue weighted by molar-refractivity contribution is 5.94. The molecule has 0 spiro atoms. The zero-order chi connectivity index (χ0) is 14.7. The number of carbonyl (C=O) groups excluding carboxylic acids is 1. The molecule has 4 nitrogen and oxygen atoms in total. The fourth-order valence-electron chi connectivity index (χ4n) is 1.95. The van der Waals surface area contributed by atoms with Crippen LogP contribution in [0.25, 0.3) is 11.1 Å². The lowest BCUT2D eigenvalue weighted by atomic mass is 10.0. The van der Waals surface area contributed by atoms with E-state index < -0.39 is 0 Å². The van der Waals surface area contributed by atoms with Crippen molar-refractivity contribution in [3.63, 3.8) is 0 Å². The number of nitrogens with two attached hydrogens (primary N) is 1. The Labute approximate surface area is 118 Å². The van der Waals surface area contributed by atoms with Gasteiger partial charge in [-0.3, -0.25) is 4.79 Å². The highest BCUT2D eigenvalue weighted by Crippen LogP contribution is 2.24. The van der Waals surface area contributed by atoms with Crippen LogP contribution in [0, 0.1) is 11.3 Å². The van der Waals surface area contributed by atoms with Gasteiger partial charge < -0.3 is 10.6 Å². The average molecular weight is 265 g/mol. The molecule has 100 valence electrons. The summed E-state index contributed by atoms with van der Waals surface area (Å²) in [5.74, 6) is -0.0400. The Morgan fingerprint density at radius 2 is 1.75 bits per heavy atom. The SMILES string of the molecule is CN(C)C(=O)c1ccc(-c2cc(N)cc(C#N)c2)cc1. The van der Waals surface area contributed by atoms with E-state index in [2.05, 4.69) is 6.07 Å². The minimum absolute atomic E-state index is 0.0400. The second-order valence-corrected chi connectivity index (χ2v) is 4.73. The third-order valence-corrected chi connectivity index (χ3v) is 2.96. The molecule has 0 saturated heterocycles. The number of hydrogen-bond donors (Lipinski definition) is 1. The predicted molar refractivity (Wildman–Crippen MR) is 79.0 cm³/mol. The molecule has 0 bridgehead atoms. The van der Waals surface area contributed by atoms with E-state index in [1.807, 2.05) is 18.2 Å². The van der Waals surface area contributed by atoms with E-state index in [-0.39, 0.29) is 5.91 Å². The quantitative estimate of drug-likeness (QED) is 0.848. The van der Waals surface area contributed by atoms with Gasteiger partial charge in [-0.2, -0.15) is 5.26 Å². The van der Waals surface area contributed by atoms with Gasteiger partial charge in [0.15, 0.2) is 0 Å². The summed E-state index contributed by atoms with van der Waals surface area (Å²) in [6, 6.07) is 14.5. The van der Waals surface area contributed by atoms with Gasteiger partial charge in [-0.25, -0.2) is 0 Å². The lowest BCUT2D eigenvalue weighted by molar-refractivity contribution is 0.0827. The molecule has 0 atom stereocenters. The van der Waals surface area contributed by atoms with Crippen LogP contribution in [-0.4, -0.2) is 24.9 Å². The molecule has 0 saturated carbocycles. The molecule has 0 aliphatic carbocycles. The third kappa shape index (κ3) is 2.78. The highest BCUT2D eigenvalue weighted by Gasteiger charge is 2.08. The number of hydrogen-bond acceptors (Lipinski definition) is 3. The summed E-state index contributed by atoms with van der Waals surface area (Å²) in [7, 11) is 3.43. The van der Waals surface area contributed by atoms with Gasteiger partial charge in [-0.05, 0) is 41.5 Å². The van der Waals surface area contributed by atoms with Crippen molar-refractivity contribution in [2.45, 2.75) is 0 Å². The van der Waals surface area contributed by atoms with Crippen molar-refractivity contribution in [1.82, 2.24) is 4.90 Å². The first-order valence-electron chi connectivity index (χ1n) is 6.14. The summed E-state index contributed by atoms with van der Waals surface area (Å²) < 4.78 is 0. The largest absolute Gasteiger partial charge is 0.399 e. The Morgan fingerprint density at radius 1 is 1.10 bits per heavy atom. The van der Waals surface area contributed by atoms with Crippen LogP contribution in [0.5, 0.6) is 0 Å². The minimum atomic E-state index is -0.0400. The van der Waals surface area contributed by atoms with Crippen molar-refractivity contribution in [1.29, 1.82) is 5.26 Å². The van der Waals surface area contributed by atoms with Crippen LogP contribution in [0.3, 0.4) is 0 Å². The molecule has 0 aliphatic rings. The molecular weight excluding hydrogens is 250 g/mol. The van der Waals surface area contributed by atoms with Crippen molar-refractivity contribution in [2.75, 3.05) is 19.8 Å². The predicted octanol–water partition coefficient (Wildman–Crippen LogP) is 2.51. The first kappa shape index (κ1) is 13.6. The van der Waals surface area contributed by atoms with Gasteiger partial charge in [0.2, 0.25) is 0 Å². The van der Waals surface area contributed by atoms with Gasteiger partial charge >= 0.3 is 0 Å². The number of nitriles is 1. The highest BCUT2D eigenvalue weighted by atomic mass is 16.2. The summed E-state index contributed by atoms with van der Waals surface area (Å²) in [5.41, 5.74) is 9.26. The molecule has 2 aromatic rings. The van der Waals surface area contributed by atoms with E-state index in [4.69, 9.17) is 11.0 Å². The van der Waals surface area contributed by atoms with Crippen molar-refractivity contribution in [3.8, 4) is 17.2 Å². The van der Waals surface area contributed by atoms with E-state index in [1.165, 1.54) is 4.90 Å². The Hall–Kier alpha value is -2.80. The van der Waals surface area contributed by atoms with Crippen molar-refractivity contribution in [3.05, 3.63) is 53.6 Å². The summed E-state index contributed by atoms with van der Waals surface area (Å²) in [6.45, 7) is 0. The molecule has 2 aromatic carbocycles. The maximum absolute atomic E-state index is 11.8. The maximum atomic E-state index is 11.8. The molecule has 2 rings (SSSR count). The number of anilines is 1. The van der Waals surface area contributed by atoms with E-state index in [9.17, 15) is 4.79 Å². The minimum Gasteiger partial charge on any atom is -0.399 e. The molecule has 4 heteroatoms. The molecule has 0 aliphatic heterocycles. The molecule has 0 aromatic heterocycles. The summed E-state index contributed by atoms with van der Waals surface area (Å²) in [5, 5.41) is 8.96. The number of nitrogen functional groups attached to an aromatic ring is 1. The van der Waals surface area contributed by atoms with Gasteiger partial charge in [0.05, 0.1) is 11.6 Å². The van der Waals surface area contributed by atoms with Crippen molar-refractivity contribution >= 4 is 11.6 Å². The summed E-state index contributed by atoms with van der Waals surface area (Å²) >= 11 is 0. The van der Waals surface area contributed by atoms with Crippen molar-refractivity contribution < 1.29 is 4.79 Å². The first-order valence-corrected chi connectivity index (χ1v) is 6.14. The van der Waals surface area contributed by atoms with Gasteiger partial charge in [0.1, 0.15) is 0 Å². The van der Waals surface area contributed by atoms with Crippen LogP contribution in [0.15, 0.2) is 42.5 Å². The summed E-state index contributed by atoms with van der Waals surface area (Å²) in [4.78, 5) is 13.3. The number of rotatable bonds is 2. The topological polar surface area (TPSA) is 70.1 Å². The zero-order valence-corrected chi connectivity index (χ0v) is 11.4. The van der Waals surface area contributed by atoms with Gasteiger partial charge in [0.25, 0.3) is 5.91 Å². The lowest BCUT2D eigenvalue weighted by Gasteiger charge is -2.11. The van der Waals surface area contributed by atoms with Crippen LogP contribution in [0.4, 0.5) is 5.69 Å². The molecule has 1 amide bonds. The molecule has 0 unspecified atom stereocenters. The smallest absolute Gasteiger partial charge is 0.253 e. The summed E-state index contributed by atoms with van der Waals surface area (Å²) in [6.07, 6.45) is 0. The molecule has 0 heterocycles. The van der Waals surface area contributed by atoms with Crippen LogP contribution in [0.1, 0.15) is 15.9 Å². The van der Waals surface area contributed by atoms with E-state index in [1.54, 1.807) is 38.4 Å². The van der Waals surface area contributed by atoms with Gasteiger partial charge in [0, 0.05) is 25.3 Å². The zero-order valence-electron chi connectivity index (χ0n) is 11.4. The maximum Gasteiger partial charge on any atom is 0.253 e. The van der Waals surface area contributed by atoms with Gasteiger partial charge in [-0.1, -0.05) is 12.1 Å². The van der Waals surface area contributed by atoms with E-state index in [0.29, 0.717) is 16.8 Å². The standard InChI is InChI=1S/C16H15N3O/c1-19(2)16(20)13-5-3-12(4-6-13)14-7-11(10-17)8-15(18)9-14/h3-9H,18H2,1-2H3. The number of benzene rings is 2. The monoisotopic (exact) mass is 265 g/mol. The lowest BCUT2D eigenvalue weighted by Crippen LogP contribution is -2.21.